The topological polar surface area (TPSA) is 104 Å². The van der Waals surface area contributed by atoms with Gasteiger partial charge in [0.15, 0.2) is 11.1 Å². The van der Waals surface area contributed by atoms with Crippen molar-refractivity contribution >= 4 is 46.2 Å². The highest BCUT2D eigenvalue weighted by Gasteiger charge is 2.48. The van der Waals surface area contributed by atoms with Crippen molar-refractivity contribution in [2.45, 2.75) is 56.2 Å². The van der Waals surface area contributed by atoms with Crippen LogP contribution in [0.1, 0.15) is 54.2 Å². The molecule has 1 aliphatic heterocycles. The van der Waals surface area contributed by atoms with Crippen molar-refractivity contribution in [3.8, 4) is 0 Å². The number of rotatable bonds is 10. The number of carboxylic acid groups (broad SMARTS) is 1. The van der Waals surface area contributed by atoms with E-state index in [-0.39, 0.29) is 18.6 Å². The third-order valence-corrected chi connectivity index (χ3v) is 7.88. The van der Waals surface area contributed by atoms with Gasteiger partial charge in [-0.2, -0.15) is 0 Å². The van der Waals surface area contributed by atoms with E-state index >= 15 is 0 Å². The third-order valence-electron chi connectivity index (χ3n) is 6.82. The number of nitrogens with zero attached hydrogens (tertiary/aromatic N) is 1. The molecule has 7 nitrogen and oxygen atoms in total. The Morgan fingerprint density at radius 2 is 1.54 bits per heavy atom. The van der Waals surface area contributed by atoms with E-state index < -0.39 is 47.2 Å². The lowest BCUT2D eigenvalue weighted by Crippen LogP contribution is -2.57. The average molecular weight is 591 g/mol. The molecule has 206 valence electrons. The Balaban J connectivity index is 1.85. The fourth-order valence-electron chi connectivity index (χ4n) is 5.04. The maximum Gasteiger partial charge on any atom is 0.326 e. The number of aliphatic carboxylic acids is 1. The van der Waals surface area contributed by atoms with Crippen LogP contribution in [0, 0.1) is 0 Å². The van der Waals surface area contributed by atoms with E-state index in [2.05, 4.69) is 0 Å². The first-order chi connectivity index (χ1) is 18.7. The molecule has 1 saturated heterocycles. The molecule has 3 aromatic carbocycles. The Morgan fingerprint density at radius 1 is 0.974 bits per heavy atom. The van der Waals surface area contributed by atoms with Crippen LogP contribution in [0.4, 0.5) is 0 Å². The highest BCUT2D eigenvalue weighted by molar-refractivity contribution is 7.78. The first-order valence-electron chi connectivity index (χ1n) is 12.5. The van der Waals surface area contributed by atoms with E-state index in [1.807, 2.05) is 6.92 Å². The fourth-order valence-corrected chi connectivity index (χ4v) is 5.84. The molecule has 0 bridgehead atoms. The van der Waals surface area contributed by atoms with Gasteiger partial charge in [0.05, 0.1) is 11.8 Å². The second kappa shape index (κ2) is 13.1. The Kier molecular flexibility index (Phi) is 9.80. The van der Waals surface area contributed by atoms with Crippen molar-refractivity contribution in [1.29, 1.82) is 0 Å². The molecule has 0 spiro atoms. The standard InChI is InChI=1S/C29H29Cl2NO6S/c1-2-5-24(29(34)35)32-26(18-8-12-22(30)13-9-18)27(19-10-14-23(31)15-11-19)38-25(28(32)33)16-20-6-3-4-7-21(20)17-39(36)37/h3-4,6-15,24-27H,2,5,16-17H2,1H3,(H,34,35)(H,36,37)/t24-,25+,26-,27+/m1/s1. The number of amides is 1. The van der Waals surface area contributed by atoms with Gasteiger partial charge in [-0.05, 0) is 52.9 Å². The molecular formula is C29H29Cl2NO6S. The number of carbonyl (C=O) groups excluding carboxylic acids is 1. The molecule has 10 heteroatoms. The molecular weight excluding hydrogens is 561 g/mol. The van der Waals surface area contributed by atoms with Crippen LogP contribution in [0.15, 0.2) is 72.8 Å². The molecule has 1 aliphatic rings. The van der Waals surface area contributed by atoms with Gasteiger partial charge in [-0.3, -0.25) is 4.79 Å². The van der Waals surface area contributed by atoms with Crippen molar-refractivity contribution in [3.05, 3.63) is 105 Å². The predicted octanol–water partition coefficient (Wildman–Crippen LogP) is 6.22. The quantitative estimate of drug-likeness (QED) is 0.272. The molecule has 2 N–H and O–H groups in total. The molecule has 4 rings (SSSR count). The summed E-state index contributed by atoms with van der Waals surface area (Å²) in [6.45, 7) is 1.87. The number of carboxylic acids is 1. The minimum absolute atomic E-state index is 0.0948. The van der Waals surface area contributed by atoms with Gasteiger partial charge in [-0.15, -0.1) is 0 Å². The van der Waals surface area contributed by atoms with E-state index in [4.69, 9.17) is 27.9 Å². The third kappa shape index (κ3) is 6.88. The van der Waals surface area contributed by atoms with Crippen LogP contribution in [0.3, 0.4) is 0 Å². The molecule has 3 aromatic rings. The Bertz CT molecular complexity index is 1330. The van der Waals surface area contributed by atoms with Crippen molar-refractivity contribution in [2.75, 3.05) is 0 Å². The highest BCUT2D eigenvalue weighted by atomic mass is 35.5. The maximum absolute atomic E-state index is 14.1. The molecule has 1 heterocycles. The zero-order chi connectivity index (χ0) is 28.1. The van der Waals surface area contributed by atoms with Crippen LogP contribution >= 0.6 is 23.2 Å². The summed E-state index contributed by atoms with van der Waals surface area (Å²) in [5.74, 6) is -1.65. The van der Waals surface area contributed by atoms with Gasteiger partial charge in [-0.1, -0.05) is 85.1 Å². The van der Waals surface area contributed by atoms with Crippen LogP contribution in [0.5, 0.6) is 0 Å². The van der Waals surface area contributed by atoms with Crippen LogP contribution in [-0.2, 0) is 37.6 Å². The summed E-state index contributed by atoms with van der Waals surface area (Å²) in [7, 11) is 0. The van der Waals surface area contributed by atoms with Crippen LogP contribution in [0.25, 0.3) is 0 Å². The first kappa shape index (κ1) is 29.2. The molecule has 0 saturated carbocycles. The van der Waals surface area contributed by atoms with Gasteiger partial charge in [0.25, 0.3) is 5.91 Å². The summed E-state index contributed by atoms with van der Waals surface area (Å²) in [4.78, 5) is 28.1. The smallest absolute Gasteiger partial charge is 0.326 e. The van der Waals surface area contributed by atoms with Gasteiger partial charge in [0, 0.05) is 16.5 Å². The van der Waals surface area contributed by atoms with E-state index in [0.717, 1.165) is 5.56 Å². The summed E-state index contributed by atoms with van der Waals surface area (Å²) >= 11 is 10.2. The molecule has 0 aromatic heterocycles. The lowest BCUT2D eigenvalue weighted by Gasteiger charge is -2.47. The average Bonchev–Trinajstić information content (AvgIpc) is 2.90. The molecule has 1 unspecified atom stereocenters. The van der Waals surface area contributed by atoms with E-state index in [1.54, 1.807) is 72.8 Å². The van der Waals surface area contributed by atoms with E-state index in [9.17, 15) is 23.5 Å². The summed E-state index contributed by atoms with van der Waals surface area (Å²) in [6.07, 6.45) is -0.828. The molecule has 1 amide bonds. The number of morpholine rings is 1. The highest BCUT2D eigenvalue weighted by Crippen LogP contribution is 2.44. The van der Waals surface area contributed by atoms with E-state index in [1.165, 1.54) is 4.90 Å². The zero-order valence-corrected chi connectivity index (χ0v) is 23.5. The van der Waals surface area contributed by atoms with Crippen molar-refractivity contribution in [1.82, 2.24) is 4.90 Å². The number of hydrogen-bond acceptors (Lipinski definition) is 4. The molecule has 1 fully saturated rings. The largest absolute Gasteiger partial charge is 0.480 e. The van der Waals surface area contributed by atoms with Gasteiger partial charge >= 0.3 is 5.97 Å². The Labute approximate surface area is 240 Å². The molecule has 39 heavy (non-hydrogen) atoms. The Morgan fingerprint density at radius 3 is 2.08 bits per heavy atom. The van der Waals surface area contributed by atoms with Crippen molar-refractivity contribution < 1.29 is 28.2 Å². The second-order valence-electron chi connectivity index (χ2n) is 9.42. The minimum Gasteiger partial charge on any atom is -0.480 e. The fraction of sp³-hybridized carbons (Fsp3) is 0.310. The SMILES string of the molecule is CCC[C@H](C(=O)O)N1C(=O)[C@H](Cc2ccccc2CS(=O)O)O[C@@H](c2ccc(Cl)cc2)[C@H]1c1ccc(Cl)cc1. The minimum atomic E-state index is -2.07. The zero-order valence-electron chi connectivity index (χ0n) is 21.2. The van der Waals surface area contributed by atoms with Crippen LogP contribution in [-0.4, -0.2) is 42.8 Å². The second-order valence-corrected chi connectivity index (χ2v) is 11.2. The van der Waals surface area contributed by atoms with Gasteiger partial charge in [0.2, 0.25) is 0 Å². The number of carbonyl (C=O) groups is 2. The monoisotopic (exact) mass is 589 g/mol. The summed E-state index contributed by atoms with van der Waals surface area (Å²) in [5, 5.41) is 11.3. The lowest BCUT2D eigenvalue weighted by molar-refractivity contribution is -0.184. The summed E-state index contributed by atoms with van der Waals surface area (Å²) in [5.41, 5.74) is 2.71. The summed E-state index contributed by atoms with van der Waals surface area (Å²) in [6, 6.07) is 19.2. The van der Waals surface area contributed by atoms with Crippen molar-refractivity contribution in [2.24, 2.45) is 0 Å². The van der Waals surface area contributed by atoms with Gasteiger partial charge < -0.3 is 19.3 Å². The molecule has 0 radical (unpaired) electrons. The predicted molar refractivity (Wildman–Crippen MR) is 151 cm³/mol. The molecule has 0 aliphatic carbocycles. The van der Waals surface area contributed by atoms with Crippen LogP contribution in [0.2, 0.25) is 10.0 Å². The summed E-state index contributed by atoms with van der Waals surface area (Å²) < 4.78 is 27.6. The number of hydrogen-bond donors (Lipinski definition) is 2. The van der Waals surface area contributed by atoms with Crippen LogP contribution < -0.4 is 0 Å². The maximum atomic E-state index is 14.1. The lowest BCUT2D eigenvalue weighted by atomic mass is 9.88. The number of benzene rings is 3. The van der Waals surface area contributed by atoms with Gasteiger partial charge in [0.1, 0.15) is 18.2 Å². The van der Waals surface area contributed by atoms with E-state index in [0.29, 0.717) is 33.2 Å². The van der Waals surface area contributed by atoms with Crippen molar-refractivity contribution in [3.63, 3.8) is 0 Å². The first-order valence-corrected chi connectivity index (χ1v) is 14.6. The normalized spacial score (nSPS) is 21.0. The number of halogens is 2. The Hall–Kier alpha value is -2.75. The van der Waals surface area contributed by atoms with Gasteiger partial charge in [-0.25, -0.2) is 9.00 Å². The number of ether oxygens (including phenoxy) is 1. The molecule has 5 atom stereocenters.